The zero-order chi connectivity index (χ0) is 11.8. The third-order valence-corrected chi connectivity index (χ3v) is 2.45. The third-order valence-electron chi connectivity index (χ3n) is 1.64. The summed E-state index contributed by atoms with van der Waals surface area (Å²) in [7, 11) is 1.64. The molecule has 16 heavy (non-hydrogen) atoms. The molecule has 1 aromatic heterocycles. The fourth-order valence-electron chi connectivity index (χ4n) is 0.963. The Labute approximate surface area is 98.7 Å². The van der Waals surface area contributed by atoms with E-state index in [0.29, 0.717) is 36.6 Å². The highest BCUT2D eigenvalue weighted by molar-refractivity contribution is 7.99. The number of rotatable bonds is 7. The second kappa shape index (κ2) is 7.26. The van der Waals surface area contributed by atoms with Gasteiger partial charge < -0.3 is 20.9 Å². The van der Waals surface area contributed by atoms with Crippen LogP contribution in [0.1, 0.15) is 0 Å². The SMILES string of the molecule is COCCOCCSc1nc(N)cc(N)n1. The molecule has 1 aromatic rings. The molecule has 0 atom stereocenters. The van der Waals surface area contributed by atoms with Gasteiger partial charge in [-0.2, -0.15) is 0 Å². The van der Waals surface area contributed by atoms with E-state index in [0.717, 1.165) is 5.75 Å². The molecule has 0 aliphatic rings. The molecule has 0 fully saturated rings. The van der Waals surface area contributed by atoms with Gasteiger partial charge in [0.1, 0.15) is 11.6 Å². The highest BCUT2D eigenvalue weighted by Crippen LogP contribution is 2.15. The molecule has 0 unspecified atom stereocenters. The van der Waals surface area contributed by atoms with Gasteiger partial charge in [0, 0.05) is 18.9 Å². The van der Waals surface area contributed by atoms with Crippen LogP contribution in [0.5, 0.6) is 0 Å². The third kappa shape index (κ3) is 5.15. The van der Waals surface area contributed by atoms with Gasteiger partial charge >= 0.3 is 0 Å². The molecule has 1 heterocycles. The minimum absolute atomic E-state index is 0.385. The topological polar surface area (TPSA) is 96.3 Å². The molecule has 0 spiro atoms. The number of hydrogen-bond donors (Lipinski definition) is 2. The van der Waals surface area contributed by atoms with E-state index < -0.39 is 0 Å². The van der Waals surface area contributed by atoms with E-state index in [1.807, 2.05) is 0 Å². The quantitative estimate of drug-likeness (QED) is 0.407. The lowest BCUT2D eigenvalue weighted by Crippen LogP contribution is -2.05. The van der Waals surface area contributed by atoms with Crippen LogP contribution >= 0.6 is 11.8 Å². The first-order valence-corrected chi connectivity index (χ1v) is 5.80. The standard InChI is InChI=1S/C9H16N4O2S/c1-14-2-3-15-4-5-16-9-12-7(10)6-8(11)13-9/h6H,2-5H2,1H3,(H4,10,11,12,13). The molecule has 0 radical (unpaired) electrons. The van der Waals surface area contributed by atoms with E-state index in [1.54, 1.807) is 7.11 Å². The summed E-state index contributed by atoms with van der Waals surface area (Å²) in [4.78, 5) is 8.07. The molecule has 4 N–H and O–H groups in total. The van der Waals surface area contributed by atoms with Crippen LogP contribution in [0.2, 0.25) is 0 Å². The first-order valence-electron chi connectivity index (χ1n) is 4.82. The van der Waals surface area contributed by atoms with Crippen LogP contribution in [0.3, 0.4) is 0 Å². The smallest absolute Gasteiger partial charge is 0.191 e. The molecular formula is C9H16N4O2S. The second-order valence-corrected chi connectivity index (χ2v) is 4.02. The van der Waals surface area contributed by atoms with Gasteiger partial charge in [0.2, 0.25) is 0 Å². The second-order valence-electron chi connectivity index (χ2n) is 2.95. The van der Waals surface area contributed by atoms with Crippen molar-refractivity contribution >= 4 is 23.4 Å². The summed E-state index contributed by atoms with van der Waals surface area (Å²) in [5.74, 6) is 1.53. The van der Waals surface area contributed by atoms with Crippen LogP contribution in [-0.4, -0.2) is 42.7 Å². The van der Waals surface area contributed by atoms with E-state index in [2.05, 4.69) is 9.97 Å². The van der Waals surface area contributed by atoms with Crippen molar-refractivity contribution in [1.82, 2.24) is 9.97 Å². The number of hydrogen-bond acceptors (Lipinski definition) is 7. The predicted octanol–water partition coefficient (Wildman–Crippen LogP) is 0.396. The van der Waals surface area contributed by atoms with Gasteiger partial charge in [-0.15, -0.1) is 0 Å². The number of aromatic nitrogens is 2. The summed E-state index contributed by atoms with van der Waals surface area (Å²) in [6.07, 6.45) is 0. The van der Waals surface area contributed by atoms with Gasteiger partial charge in [0.05, 0.1) is 19.8 Å². The Morgan fingerprint density at radius 3 is 2.50 bits per heavy atom. The average Bonchev–Trinajstić information content (AvgIpc) is 2.22. The largest absolute Gasteiger partial charge is 0.383 e. The maximum absolute atomic E-state index is 5.54. The summed E-state index contributed by atoms with van der Waals surface area (Å²) >= 11 is 1.46. The Morgan fingerprint density at radius 1 is 1.19 bits per heavy atom. The van der Waals surface area contributed by atoms with Crippen LogP contribution in [0.25, 0.3) is 0 Å². The first kappa shape index (κ1) is 13.0. The fourth-order valence-corrected chi connectivity index (χ4v) is 1.69. The summed E-state index contributed by atoms with van der Waals surface area (Å²) in [5.41, 5.74) is 11.1. The molecule has 1 rings (SSSR count). The summed E-state index contributed by atoms with van der Waals surface area (Å²) in [6, 6.07) is 1.53. The van der Waals surface area contributed by atoms with E-state index in [4.69, 9.17) is 20.9 Å². The lowest BCUT2D eigenvalue weighted by molar-refractivity contribution is 0.0790. The number of ether oxygens (including phenoxy) is 2. The highest BCUT2D eigenvalue weighted by Gasteiger charge is 2.00. The number of anilines is 2. The first-order chi connectivity index (χ1) is 7.72. The summed E-state index contributed by atoms with van der Waals surface area (Å²) in [6.45, 7) is 1.81. The fraction of sp³-hybridized carbons (Fsp3) is 0.556. The van der Waals surface area contributed by atoms with E-state index >= 15 is 0 Å². The van der Waals surface area contributed by atoms with Crippen molar-refractivity contribution in [2.45, 2.75) is 5.16 Å². The zero-order valence-corrected chi connectivity index (χ0v) is 10.00. The van der Waals surface area contributed by atoms with Crippen molar-refractivity contribution in [1.29, 1.82) is 0 Å². The Kier molecular flexibility index (Phi) is 5.91. The molecule has 6 nitrogen and oxygen atoms in total. The molecule has 0 saturated heterocycles. The van der Waals surface area contributed by atoms with Gasteiger partial charge in [-0.25, -0.2) is 9.97 Å². The van der Waals surface area contributed by atoms with Gasteiger partial charge in [-0.3, -0.25) is 0 Å². The molecule has 0 bridgehead atoms. The minimum Gasteiger partial charge on any atom is -0.383 e. The number of nitrogens with two attached hydrogens (primary N) is 2. The maximum Gasteiger partial charge on any atom is 0.191 e. The van der Waals surface area contributed by atoms with E-state index in [-0.39, 0.29) is 0 Å². The monoisotopic (exact) mass is 244 g/mol. The van der Waals surface area contributed by atoms with Crippen molar-refractivity contribution in [2.75, 3.05) is 44.2 Å². The van der Waals surface area contributed by atoms with E-state index in [1.165, 1.54) is 17.8 Å². The highest BCUT2D eigenvalue weighted by atomic mass is 32.2. The lowest BCUT2D eigenvalue weighted by Gasteiger charge is -2.04. The van der Waals surface area contributed by atoms with Crippen LogP contribution < -0.4 is 11.5 Å². The van der Waals surface area contributed by atoms with Crippen LogP contribution in [0, 0.1) is 0 Å². The Bertz CT molecular complexity index is 304. The maximum atomic E-state index is 5.54. The predicted molar refractivity (Wildman–Crippen MR) is 64.3 cm³/mol. The lowest BCUT2D eigenvalue weighted by atomic mass is 10.5. The van der Waals surface area contributed by atoms with Crippen LogP contribution in [0.4, 0.5) is 11.6 Å². The molecule has 0 aliphatic carbocycles. The van der Waals surface area contributed by atoms with E-state index in [9.17, 15) is 0 Å². The number of nitrogen functional groups attached to an aromatic ring is 2. The number of methoxy groups -OCH3 is 1. The Hall–Kier alpha value is -1.05. The number of nitrogens with zero attached hydrogens (tertiary/aromatic N) is 2. The molecule has 0 aliphatic heterocycles. The molecule has 0 saturated carbocycles. The summed E-state index contributed by atoms with van der Waals surface area (Å²) < 4.78 is 10.1. The van der Waals surface area contributed by atoms with Gasteiger partial charge in [0.15, 0.2) is 5.16 Å². The molecule has 90 valence electrons. The van der Waals surface area contributed by atoms with Crippen molar-refractivity contribution in [3.8, 4) is 0 Å². The van der Waals surface area contributed by atoms with Crippen molar-refractivity contribution in [2.24, 2.45) is 0 Å². The zero-order valence-electron chi connectivity index (χ0n) is 9.18. The Morgan fingerprint density at radius 2 is 1.88 bits per heavy atom. The van der Waals surface area contributed by atoms with Gasteiger partial charge in [-0.1, -0.05) is 11.8 Å². The molecule has 0 amide bonds. The minimum atomic E-state index is 0.385. The molecule has 7 heteroatoms. The average molecular weight is 244 g/mol. The number of thioether (sulfide) groups is 1. The van der Waals surface area contributed by atoms with Crippen molar-refractivity contribution in [3.63, 3.8) is 0 Å². The molecule has 0 aromatic carbocycles. The van der Waals surface area contributed by atoms with Crippen molar-refractivity contribution in [3.05, 3.63) is 6.07 Å². The van der Waals surface area contributed by atoms with Gasteiger partial charge in [-0.05, 0) is 0 Å². The summed E-state index contributed by atoms with van der Waals surface area (Å²) in [5, 5.41) is 0.577. The molecular weight excluding hydrogens is 228 g/mol. The van der Waals surface area contributed by atoms with Crippen LogP contribution in [0.15, 0.2) is 11.2 Å². The Balaban J connectivity index is 2.21. The van der Waals surface area contributed by atoms with Gasteiger partial charge in [0.25, 0.3) is 0 Å². The van der Waals surface area contributed by atoms with Crippen LogP contribution in [-0.2, 0) is 9.47 Å². The van der Waals surface area contributed by atoms with Crippen molar-refractivity contribution < 1.29 is 9.47 Å². The normalized spacial score (nSPS) is 10.6.